The Bertz CT molecular complexity index is 1200. The van der Waals surface area contributed by atoms with Crippen LogP contribution in [0.3, 0.4) is 0 Å². The molecule has 9 heteroatoms. The van der Waals surface area contributed by atoms with Gasteiger partial charge in [-0.3, -0.25) is 4.79 Å². The highest BCUT2D eigenvalue weighted by Crippen LogP contribution is 2.26. The molecule has 1 fully saturated rings. The van der Waals surface area contributed by atoms with Gasteiger partial charge in [-0.05, 0) is 25.0 Å². The summed E-state index contributed by atoms with van der Waals surface area (Å²) in [6, 6.07) is 15.7. The van der Waals surface area contributed by atoms with Gasteiger partial charge in [0.15, 0.2) is 5.69 Å². The zero-order valence-corrected chi connectivity index (χ0v) is 16.6. The molecule has 0 radical (unpaired) electrons. The van der Waals surface area contributed by atoms with Crippen molar-refractivity contribution in [3.63, 3.8) is 0 Å². The number of benzene rings is 2. The van der Waals surface area contributed by atoms with E-state index in [2.05, 4.69) is 20.5 Å². The minimum Gasteiger partial charge on any atom is -0.338 e. The second-order valence-electron chi connectivity index (χ2n) is 7.38. The number of hydrogen-bond donors (Lipinski definition) is 0. The van der Waals surface area contributed by atoms with Gasteiger partial charge in [0.25, 0.3) is 11.8 Å². The second kappa shape index (κ2) is 8.10. The maximum Gasteiger partial charge on any atom is 0.280 e. The average Bonchev–Trinajstić information content (AvgIpc) is 3.50. The van der Waals surface area contributed by atoms with Crippen molar-refractivity contribution in [2.24, 2.45) is 0 Å². The summed E-state index contributed by atoms with van der Waals surface area (Å²) in [7, 11) is 0. The van der Waals surface area contributed by atoms with Gasteiger partial charge in [0, 0.05) is 18.7 Å². The number of carbonyl (C=O) groups is 1. The van der Waals surface area contributed by atoms with E-state index in [1.54, 1.807) is 27.9 Å². The lowest BCUT2D eigenvalue weighted by atomic mass is 10.0. The Kier molecular flexibility index (Phi) is 4.99. The molecule has 4 aromatic rings. The quantitative estimate of drug-likeness (QED) is 0.503. The zero-order chi connectivity index (χ0) is 21.2. The molecule has 0 bridgehead atoms. The fraction of sp³-hybridized carbons (Fsp3) is 0.227. The Morgan fingerprint density at radius 3 is 2.55 bits per heavy atom. The summed E-state index contributed by atoms with van der Waals surface area (Å²) in [5.41, 5.74) is 1.46. The zero-order valence-electron chi connectivity index (χ0n) is 16.6. The largest absolute Gasteiger partial charge is 0.338 e. The molecule has 1 amide bonds. The van der Waals surface area contributed by atoms with Gasteiger partial charge in [-0.2, -0.15) is 4.98 Å². The smallest absolute Gasteiger partial charge is 0.280 e. The Balaban J connectivity index is 1.25. The molecular weight excluding hydrogens is 399 g/mol. The van der Waals surface area contributed by atoms with Crippen molar-refractivity contribution in [3.8, 4) is 23.0 Å². The van der Waals surface area contributed by atoms with Gasteiger partial charge >= 0.3 is 0 Å². The van der Waals surface area contributed by atoms with E-state index < -0.39 is 5.82 Å². The topological polar surface area (TPSA) is 89.9 Å². The van der Waals surface area contributed by atoms with Crippen LogP contribution in [0.5, 0.6) is 0 Å². The lowest BCUT2D eigenvalue weighted by Gasteiger charge is -2.31. The van der Waals surface area contributed by atoms with Gasteiger partial charge in [-0.25, -0.2) is 9.07 Å². The van der Waals surface area contributed by atoms with Crippen molar-refractivity contribution in [1.29, 1.82) is 0 Å². The van der Waals surface area contributed by atoms with Crippen molar-refractivity contribution >= 4 is 5.91 Å². The molecule has 1 saturated heterocycles. The van der Waals surface area contributed by atoms with Crippen molar-refractivity contribution in [1.82, 2.24) is 30.0 Å². The summed E-state index contributed by atoms with van der Waals surface area (Å²) in [5.74, 6) is 0.0162. The number of amides is 1. The van der Waals surface area contributed by atoms with Crippen LogP contribution in [0.25, 0.3) is 23.0 Å². The number of likely N-dealkylation sites (tertiary alicyclic amines) is 1. The number of hydrogen-bond acceptors (Lipinski definition) is 6. The summed E-state index contributed by atoms with van der Waals surface area (Å²) in [6.07, 6.45) is 3.17. The number of rotatable bonds is 4. The Morgan fingerprint density at radius 1 is 1.03 bits per heavy atom. The molecule has 0 spiro atoms. The highest BCUT2D eigenvalue weighted by molar-refractivity contribution is 5.94. The maximum absolute atomic E-state index is 13.9. The summed E-state index contributed by atoms with van der Waals surface area (Å²) >= 11 is 0. The number of halogens is 1. The van der Waals surface area contributed by atoms with E-state index in [4.69, 9.17) is 4.52 Å². The monoisotopic (exact) mass is 418 g/mol. The van der Waals surface area contributed by atoms with Gasteiger partial charge in [-0.1, -0.05) is 52.8 Å². The number of nitrogens with zero attached hydrogens (tertiary/aromatic N) is 6. The van der Waals surface area contributed by atoms with Crippen LogP contribution in [-0.2, 0) is 0 Å². The highest BCUT2D eigenvalue weighted by Gasteiger charge is 2.27. The molecule has 2 aromatic heterocycles. The molecule has 5 rings (SSSR count). The summed E-state index contributed by atoms with van der Waals surface area (Å²) < 4.78 is 21.0. The van der Waals surface area contributed by atoms with E-state index in [1.165, 1.54) is 12.1 Å². The standard InChI is InChI=1S/C22H19FN6O2/c23-18-9-5-4-8-17(18)22(30)28-12-10-16(11-13-28)29-14-19(25-27-29)21-24-20(26-31-21)15-6-2-1-3-7-15/h1-9,14,16H,10-13H2. The number of aromatic nitrogens is 5. The number of carbonyl (C=O) groups excluding carboxylic acids is 1. The predicted molar refractivity (Wildman–Crippen MR) is 109 cm³/mol. The normalized spacial score (nSPS) is 14.7. The van der Waals surface area contributed by atoms with Crippen molar-refractivity contribution in [2.75, 3.05) is 13.1 Å². The molecule has 31 heavy (non-hydrogen) atoms. The highest BCUT2D eigenvalue weighted by atomic mass is 19.1. The van der Waals surface area contributed by atoms with E-state index in [0.717, 1.165) is 5.56 Å². The van der Waals surface area contributed by atoms with E-state index >= 15 is 0 Å². The Morgan fingerprint density at radius 2 is 1.77 bits per heavy atom. The lowest BCUT2D eigenvalue weighted by Crippen LogP contribution is -2.39. The van der Waals surface area contributed by atoms with E-state index in [-0.39, 0.29) is 17.5 Å². The fourth-order valence-electron chi connectivity index (χ4n) is 3.72. The SMILES string of the molecule is O=C(c1ccccc1F)N1CCC(n2cc(-c3nc(-c4ccccc4)no3)nn2)CC1. The minimum atomic E-state index is -0.495. The number of piperidine rings is 1. The molecule has 1 aliphatic heterocycles. The van der Waals surface area contributed by atoms with Crippen LogP contribution in [0, 0.1) is 5.82 Å². The minimum absolute atomic E-state index is 0.0856. The first kappa shape index (κ1) is 19.1. The molecule has 156 valence electrons. The van der Waals surface area contributed by atoms with Crippen LogP contribution < -0.4 is 0 Å². The first-order valence-corrected chi connectivity index (χ1v) is 10.0. The third kappa shape index (κ3) is 3.81. The van der Waals surface area contributed by atoms with Crippen LogP contribution in [0.4, 0.5) is 4.39 Å². The summed E-state index contributed by atoms with van der Waals surface area (Å²) in [6.45, 7) is 1.04. The van der Waals surface area contributed by atoms with Crippen LogP contribution in [0.15, 0.2) is 65.3 Å². The van der Waals surface area contributed by atoms with E-state index in [1.807, 2.05) is 30.3 Å². The molecule has 0 aliphatic carbocycles. The van der Waals surface area contributed by atoms with Crippen molar-refractivity contribution < 1.29 is 13.7 Å². The van der Waals surface area contributed by atoms with Gasteiger partial charge < -0.3 is 9.42 Å². The average molecular weight is 418 g/mol. The molecule has 0 atom stereocenters. The first-order chi connectivity index (χ1) is 15.2. The molecule has 1 aliphatic rings. The third-order valence-corrected chi connectivity index (χ3v) is 5.42. The summed E-state index contributed by atoms with van der Waals surface area (Å²) in [4.78, 5) is 18.7. The maximum atomic E-state index is 13.9. The molecule has 0 unspecified atom stereocenters. The molecule has 0 saturated carbocycles. The van der Waals surface area contributed by atoms with E-state index in [9.17, 15) is 9.18 Å². The van der Waals surface area contributed by atoms with Gasteiger partial charge in [-0.15, -0.1) is 5.10 Å². The molecule has 8 nitrogen and oxygen atoms in total. The van der Waals surface area contributed by atoms with Gasteiger partial charge in [0.1, 0.15) is 5.82 Å². The molecule has 0 N–H and O–H groups in total. The lowest BCUT2D eigenvalue weighted by molar-refractivity contribution is 0.0684. The van der Waals surface area contributed by atoms with Gasteiger partial charge in [0.05, 0.1) is 17.8 Å². The van der Waals surface area contributed by atoms with Crippen LogP contribution >= 0.6 is 0 Å². The summed E-state index contributed by atoms with van der Waals surface area (Å²) in [5, 5.41) is 12.4. The second-order valence-corrected chi connectivity index (χ2v) is 7.38. The van der Waals surface area contributed by atoms with Crippen molar-refractivity contribution in [3.05, 3.63) is 72.2 Å². The molecule has 3 heterocycles. The Hall–Kier alpha value is -3.88. The van der Waals surface area contributed by atoms with Crippen LogP contribution in [0.2, 0.25) is 0 Å². The van der Waals surface area contributed by atoms with Crippen LogP contribution in [0.1, 0.15) is 29.2 Å². The fourth-order valence-corrected chi connectivity index (χ4v) is 3.72. The third-order valence-electron chi connectivity index (χ3n) is 5.42. The van der Waals surface area contributed by atoms with Crippen molar-refractivity contribution in [2.45, 2.75) is 18.9 Å². The molecule has 2 aromatic carbocycles. The molecular formula is C22H19FN6O2. The first-order valence-electron chi connectivity index (χ1n) is 10.0. The van der Waals surface area contributed by atoms with E-state index in [0.29, 0.717) is 43.3 Å². The Labute approximate surface area is 177 Å². The van der Waals surface area contributed by atoms with Gasteiger partial charge in [0.2, 0.25) is 5.82 Å². The van der Waals surface area contributed by atoms with Crippen LogP contribution in [-0.4, -0.2) is 49.0 Å². The predicted octanol–water partition coefficient (Wildman–Crippen LogP) is 3.61.